The zero-order valence-corrected chi connectivity index (χ0v) is 11.9. The molecule has 6 nitrogen and oxygen atoms in total. The van der Waals surface area contributed by atoms with Crippen LogP contribution in [0, 0.1) is 0 Å². The summed E-state index contributed by atoms with van der Waals surface area (Å²) in [6.45, 7) is 6.44. The fourth-order valence-electron chi connectivity index (χ4n) is 1.43. The first-order valence-electron chi connectivity index (χ1n) is 6.69. The zero-order valence-electron chi connectivity index (χ0n) is 11.9. The Morgan fingerprint density at radius 3 is 2.37 bits per heavy atom. The van der Waals surface area contributed by atoms with Crippen molar-refractivity contribution < 1.29 is 10.2 Å². The minimum absolute atomic E-state index is 0.233. The summed E-state index contributed by atoms with van der Waals surface area (Å²) >= 11 is 0. The Bertz CT molecular complexity index is 396. The molecular formula is C13H24N4O2. The van der Waals surface area contributed by atoms with Gasteiger partial charge in [-0.05, 0) is 13.3 Å². The molecule has 1 unspecified atom stereocenters. The first kappa shape index (κ1) is 15.7. The van der Waals surface area contributed by atoms with E-state index in [0.717, 1.165) is 31.0 Å². The lowest BCUT2D eigenvalue weighted by Gasteiger charge is -2.21. The van der Waals surface area contributed by atoms with Crippen molar-refractivity contribution in [3.63, 3.8) is 0 Å². The number of aliphatic hydroxyl groups excluding tert-OH is 1. The van der Waals surface area contributed by atoms with Gasteiger partial charge in [0, 0.05) is 25.6 Å². The van der Waals surface area contributed by atoms with Crippen LogP contribution in [0.5, 0.6) is 0 Å². The normalized spacial score (nSPS) is 13.9. The van der Waals surface area contributed by atoms with Gasteiger partial charge in [0.05, 0.1) is 6.61 Å². The van der Waals surface area contributed by atoms with Gasteiger partial charge < -0.3 is 20.8 Å². The van der Waals surface area contributed by atoms with Crippen molar-refractivity contribution in [1.29, 1.82) is 0 Å². The number of hydrogen-bond acceptors (Lipinski definition) is 6. The number of nitrogens with one attached hydrogen (secondary N) is 2. The van der Waals surface area contributed by atoms with Crippen LogP contribution in [0.2, 0.25) is 0 Å². The largest absolute Gasteiger partial charge is 0.393 e. The van der Waals surface area contributed by atoms with Crippen LogP contribution in [-0.2, 0) is 6.42 Å². The molecule has 0 aromatic carbocycles. The molecule has 1 atom stereocenters. The van der Waals surface area contributed by atoms with Crippen LogP contribution in [0.1, 0.15) is 33.0 Å². The summed E-state index contributed by atoms with van der Waals surface area (Å²) in [5.41, 5.74) is -1.16. The number of hydrogen-bond donors (Lipinski definition) is 4. The lowest BCUT2D eigenvalue weighted by molar-refractivity contribution is 0.0131. The van der Waals surface area contributed by atoms with Crippen molar-refractivity contribution in [3.8, 4) is 0 Å². The third-order valence-electron chi connectivity index (χ3n) is 2.64. The van der Waals surface area contributed by atoms with E-state index < -0.39 is 5.60 Å². The fourth-order valence-corrected chi connectivity index (χ4v) is 1.43. The Morgan fingerprint density at radius 2 is 1.84 bits per heavy atom. The predicted molar refractivity (Wildman–Crippen MR) is 76.4 cm³/mol. The molecule has 1 heterocycles. The summed E-state index contributed by atoms with van der Waals surface area (Å²) in [6.07, 6.45) is 1.76. The van der Waals surface area contributed by atoms with Gasteiger partial charge in [0.1, 0.15) is 23.1 Å². The maximum atomic E-state index is 9.75. The summed E-state index contributed by atoms with van der Waals surface area (Å²) < 4.78 is 0. The Labute approximate surface area is 114 Å². The molecule has 0 aliphatic carbocycles. The van der Waals surface area contributed by atoms with Gasteiger partial charge in [0.25, 0.3) is 0 Å². The molecule has 0 aliphatic heterocycles. The van der Waals surface area contributed by atoms with E-state index in [1.54, 1.807) is 6.92 Å². The Hall–Kier alpha value is -1.40. The Kier molecular flexibility index (Phi) is 5.98. The van der Waals surface area contributed by atoms with E-state index in [0.29, 0.717) is 5.82 Å². The highest BCUT2D eigenvalue weighted by atomic mass is 16.3. The number of rotatable bonds is 8. The Balaban J connectivity index is 2.76. The van der Waals surface area contributed by atoms with E-state index in [2.05, 4.69) is 27.5 Å². The van der Waals surface area contributed by atoms with E-state index in [4.69, 9.17) is 5.11 Å². The lowest BCUT2D eigenvalue weighted by Crippen LogP contribution is -2.37. The monoisotopic (exact) mass is 268 g/mol. The highest BCUT2D eigenvalue weighted by Gasteiger charge is 2.18. The molecular weight excluding hydrogens is 244 g/mol. The first-order valence-corrected chi connectivity index (χ1v) is 6.69. The summed E-state index contributed by atoms with van der Waals surface area (Å²) in [7, 11) is 0. The average Bonchev–Trinajstić information content (AvgIpc) is 2.42. The maximum absolute atomic E-state index is 9.75. The molecule has 0 amide bonds. The molecule has 0 spiro atoms. The quantitative estimate of drug-likeness (QED) is 0.563. The van der Waals surface area contributed by atoms with E-state index in [9.17, 15) is 5.11 Å². The molecule has 4 N–H and O–H groups in total. The van der Waals surface area contributed by atoms with E-state index in [1.165, 1.54) is 0 Å². The van der Waals surface area contributed by atoms with Gasteiger partial charge in [0.2, 0.25) is 0 Å². The van der Waals surface area contributed by atoms with Crippen LogP contribution in [0.4, 0.5) is 11.6 Å². The standard InChI is InChI=1S/C13H24N4O2/c1-4-6-14-11-7-12(17-10(5-2)16-11)15-8-13(3,19)9-18/h7,18-19H,4-6,8-9H2,1-3H3,(H2,14,15,16,17). The number of aliphatic hydroxyl groups is 2. The molecule has 0 saturated heterocycles. The van der Waals surface area contributed by atoms with Crippen molar-refractivity contribution in [3.05, 3.63) is 11.9 Å². The third kappa shape index (κ3) is 5.40. The van der Waals surface area contributed by atoms with Gasteiger partial charge in [-0.1, -0.05) is 13.8 Å². The molecule has 1 rings (SSSR count). The second-order valence-electron chi connectivity index (χ2n) is 4.84. The van der Waals surface area contributed by atoms with Gasteiger partial charge in [-0.25, -0.2) is 9.97 Å². The minimum Gasteiger partial charge on any atom is -0.393 e. The smallest absolute Gasteiger partial charge is 0.132 e. The molecule has 0 aliphatic rings. The van der Waals surface area contributed by atoms with Crippen LogP contribution >= 0.6 is 0 Å². The SMILES string of the molecule is CCCNc1cc(NCC(C)(O)CO)nc(CC)n1. The highest BCUT2D eigenvalue weighted by molar-refractivity contribution is 5.47. The summed E-state index contributed by atoms with van der Waals surface area (Å²) in [5.74, 6) is 2.17. The molecule has 0 radical (unpaired) electrons. The zero-order chi connectivity index (χ0) is 14.3. The van der Waals surface area contributed by atoms with Gasteiger partial charge in [0.15, 0.2) is 0 Å². The summed E-state index contributed by atoms with van der Waals surface area (Å²) in [6, 6.07) is 1.81. The van der Waals surface area contributed by atoms with Crippen molar-refractivity contribution in [2.75, 3.05) is 30.3 Å². The van der Waals surface area contributed by atoms with Crippen molar-refractivity contribution >= 4 is 11.6 Å². The third-order valence-corrected chi connectivity index (χ3v) is 2.64. The van der Waals surface area contributed by atoms with Crippen LogP contribution in [0.15, 0.2) is 6.07 Å². The minimum atomic E-state index is -1.16. The number of nitrogens with zero attached hydrogens (tertiary/aromatic N) is 2. The average molecular weight is 268 g/mol. The molecule has 0 bridgehead atoms. The highest BCUT2D eigenvalue weighted by Crippen LogP contribution is 2.13. The molecule has 1 aromatic rings. The lowest BCUT2D eigenvalue weighted by atomic mass is 10.1. The second kappa shape index (κ2) is 7.25. The molecule has 6 heteroatoms. The number of anilines is 2. The van der Waals surface area contributed by atoms with Crippen LogP contribution in [0.3, 0.4) is 0 Å². The Morgan fingerprint density at radius 1 is 1.21 bits per heavy atom. The topological polar surface area (TPSA) is 90.3 Å². The van der Waals surface area contributed by atoms with Crippen molar-refractivity contribution in [1.82, 2.24) is 9.97 Å². The second-order valence-corrected chi connectivity index (χ2v) is 4.84. The van der Waals surface area contributed by atoms with Gasteiger partial charge >= 0.3 is 0 Å². The maximum Gasteiger partial charge on any atom is 0.132 e. The van der Waals surface area contributed by atoms with Gasteiger partial charge in [-0.3, -0.25) is 0 Å². The molecule has 19 heavy (non-hydrogen) atoms. The van der Waals surface area contributed by atoms with Crippen LogP contribution in [0.25, 0.3) is 0 Å². The molecule has 0 fully saturated rings. The number of aryl methyl sites for hydroxylation is 1. The van der Waals surface area contributed by atoms with E-state index in [-0.39, 0.29) is 13.2 Å². The summed E-state index contributed by atoms with van der Waals surface area (Å²) in [4.78, 5) is 8.72. The molecule has 1 aromatic heterocycles. The van der Waals surface area contributed by atoms with Gasteiger partial charge in [-0.2, -0.15) is 0 Å². The van der Waals surface area contributed by atoms with Crippen molar-refractivity contribution in [2.45, 2.75) is 39.2 Å². The fraction of sp³-hybridized carbons (Fsp3) is 0.692. The first-order chi connectivity index (χ1) is 9.00. The van der Waals surface area contributed by atoms with E-state index in [1.807, 2.05) is 13.0 Å². The molecule has 0 saturated carbocycles. The summed E-state index contributed by atoms with van der Waals surface area (Å²) in [5, 5.41) is 25.0. The van der Waals surface area contributed by atoms with Gasteiger partial charge in [-0.15, -0.1) is 0 Å². The number of aromatic nitrogens is 2. The predicted octanol–water partition coefficient (Wildman–Crippen LogP) is 1.02. The molecule has 108 valence electrons. The van der Waals surface area contributed by atoms with Crippen LogP contribution in [-0.4, -0.2) is 45.5 Å². The van der Waals surface area contributed by atoms with Crippen LogP contribution < -0.4 is 10.6 Å². The van der Waals surface area contributed by atoms with Crippen molar-refractivity contribution in [2.24, 2.45) is 0 Å². The van der Waals surface area contributed by atoms with E-state index >= 15 is 0 Å².